The number of hydrogen-bond donors (Lipinski definition) is 1. The number of nitrogens with zero attached hydrogens (tertiary/aromatic N) is 2. The van der Waals surface area contributed by atoms with Crippen molar-refractivity contribution in [3.8, 4) is 0 Å². The summed E-state index contributed by atoms with van der Waals surface area (Å²) in [7, 11) is -3.51. The molecule has 1 heterocycles. The molecule has 5 nitrogen and oxygen atoms in total. The minimum atomic E-state index is -3.51. The second kappa shape index (κ2) is 5.24. The van der Waals surface area contributed by atoms with Gasteiger partial charge < -0.3 is 5.73 Å². The standard InChI is InChI=1S/C12H19N3O2S/c1-2-15(9-10-4-3-5-10)18(16,17)12-8-14-7-6-11(12)13/h6-8,10H,2-5,9H2,1H3,(H2,13,14). The first-order chi connectivity index (χ1) is 8.55. The zero-order valence-corrected chi connectivity index (χ0v) is 11.4. The van der Waals surface area contributed by atoms with E-state index >= 15 is 0 Å². The first-order valence-electron chi connectivity index (χ1n) is 6.25. The lowest BCUT2D eigenvalue weighted by molar-refractivity contribution is 0.250. The zero-order valence-electron chi connectivity index (χ0n) is 10.5. The van der Waals surface area contributed by atoms with Crippen LogP contribution in [0.3, 0.4) is 0 Å². The highest BCUT2D eigenvalue weighted by Crippen LogP contribution is 2.29. The van der Waals surface area contributed by atoms with Crippen molar-refractivity contribution in [1.29, 1.82) is 0 Å². The number of pyridine rings is 1. The molecule has 0 radical (unpaired) electrons. The van der Waals surface area contributed by atoms with Gasteiger partial charge in [0.2, 0.25) is 10.0 Å². The molecule has 100 valence electrons. The normalized spacial score (nSPS) is 16.8. The summed E-state index contributed by atoms with van der Waals surface area (Å²) in [5.74, 6) is 0.498. The molecule has 2 rings (SSSR count). The van der Waals surface area contributed by atoms with E-state index in [9.17, 15) is 8.42 Å². The van der Waals surface area contributed by atoms with Crippen molar-refractivity contribution in [2.24, 2.45) is 5.92 Å². The smallest absolute Gasteiger partial charge is 0.246 e. The van der Waals surface area contributed by atoms with E-state index in [0.717, 1.165) is 12.8 Å². The summed E-state index contributed by atoms with van der Waals surface area (Å²) in [5.41, 5.74) is 5.99. The van der Waals surface area contributed by atoms with E-state index in [4.69, 9.17) is 5.73 Å². The largest absolute Gasteiger partial charge is 0.398 e. The number of anilines is 1. The van der Waals surface area contributed by atoms with E-state index in [2.05, 4.69) is 4.98 Å². The minimum Gasteiger partial charge on any atom is -0.398 e. The van der Waals surface area contributed by atoms with Crippen LogP contribution < -0.4 is 5.73 Å². The Morgan fingerprint density at radius 2 is 2.22 bits per heavy atom. The van der Waals surface area contributed by atoms with Crippen molar-refractivity contribution in [2.45, 2.75) is 31.1 Å². The van der Waals surface area contributed by atoms with Crippen LogP contribution >= 0.6 is 0 Å². The van der Waals surface area contributed by atoms with Crippen LogP contribution in [0.1, 0.15) is 26.2 Å². The average molecular weight is 269 g/mol. The molecule has 1 fully saturated rings. The molecule has 6 heteroatoms. The molecule has 0 unspecified atom stereocenters. The molecule has 1 aliphatic carbocycles. The van der Waals surface area contributed by atoms with Crippen molar-refractivity contribution in [2.75, 3.05) is 18.8 Å². The lowest BCUT2D eigenvalue weighted by Gasteiger charge is -2.31. The van der Waals surface area contributed by atoms with Gasteiger partial charge in [0.1, 0.15) is 4.90 Å². The van der Waals surface area contributed by atoms with Gasteiger partial charge in [0.05, 0.1) is 5.69 Å². The molecule has 0 spiro atoms. The summed E-state index contributed by atoms with van der Waals surface area (Å²) in [5, 5.41) is 0. The SMILES string of the molecule is CCN(CC1CCC1)S(=O)(=O)c1cnccc1N. The van der Waals surface area contributed by atoms with Gasteiger partial charge in [-0.3, -0.25) is 4.98 Å². The Balaban J connectivity index is 2.25. The Kier molecular flexibility index (Phi) is 3.87. The van der Waals surface area contributed by atoms with Crippen LogP contribution in [-0.4, -0.2) is 30.8 Å². The fraction of sp³-hybridized carbons (Fsp3) is 0.583. The van der Waals surface area contributed by atoms with Crippen molar-refractivity contribution in [3.63, 3.8) is 0 Å². The fourth-order valence-corrected chi connectivity index (χ4v) is 3.69. The van der Waals surface area contributed by atoms with Gasteiger partial charge in [0.25, 0.3) is 0 Å². The summed E-state index contributed by atoms with van der Waals surface area (Å²) in [6.07, 6.45) is 6.27. The van der Waals surface area contributed by atoms with Crippen molar-refractivity contribution in [1.82, 2.24) is 9.29 Å². The molecule has 1 saturated carbocycles. The molecule has 0 atom stereocenters. The van der Waals surface area contributed by atoms with Gasteiger partial charge in [0, 0.05) is 25.5 Å². The fourth-order valence-electron chi connectivity index (χ4n) is 2.11. The molecule has 0 bridgehead atoms. The highest BCUT2D eigenvalue weighted by molar-refractivity contribution is 7.89. The van der Waals surface area contributed by atoms with Gasteiger partial charge in [-0.15, -0.1) is 0 Å². The summed E-state index contributed by atoms with van der Waals surface area (Å²) in [6.45, 7) is 2.91. The topological polar surface area (TPSA) is 76.3 Å². The lowest BCUT2D eigenvalue weighted by Crippen LogP contribution is -2.37. The summed E-state index contributed by atoms with van der Waals surface area (Å²) in [4.78, 5) is 3.97. The van der Waals surface area contributed by atoms with Crippen LogP contribution in [0, 0.1) is 5.92 Å². The molecule has 1 aromatic heterocycles. The van der Waals surface area contributed by atoms with Crippen LogP contribution in [0.5, 0.6) is 0 Å². The maximum atomic E-state index is 12.5. The summed E-state index contributed by atoms with van der Waals surface area (Å²) >= 11 is 0. The van der Waals surface area contributed by atoms with Gasteiger partial charge >= 0.3 is 0 Å². The van der Waals surface area contributed by atoms with Gasteiger partial charge in [-0.2, -0.15) is 4.31 Å². The van der Waals surface area contributed by atoms with Crippen LogP contribution in [-0.2, 0) is 10.0 Å². The van der Waals surface area contributed by atoms with E-state index in [-0.39, 0.29) is 10.6 Å². The Bertz CT molecular complexity index is 512. The maximum Gasteiger partial charge on any atom is 0.246 e. The first kappa shape index (κ1) is 13.3. The Morgan fingerprint density at radius 3 is 2.72 bits per heavy atom. The Morgan fingerprint density at radius 1 is 1.50 bits per heavy atom. The van der Waals surface area contributed by atoms with Crippen LogP contribution in [0.4, 0.5) is 5.69 Å². The molecular formula is C12H19N3O2S. The third-order valence-corrected chi connectivity index (χ3v) is 5.46. The van der Waals surface area contributed by atoms with Crippen molar-refractivity contribution >= 4 is 15.7 Å². The van der Waals surface area contributed by atoms with Gasteiger partial charge in [-0.05, 0) is 24.8 Å². The highest BCUT2D eigenvalue weighted by Gasteiger charge is 2.29. The molecule has 0 aromatic carbocycles. The van der Waals surface area contributed by atoms with E-state index in [1.54, 1.807) is 0 Å². The molecule has 0 aliphatic heterocycles. The number of hydrogen-bond acceptors (Lipinski definition) is 4. The molecule has 0 saturated heterocycles. The van der Waals surface area contributed by atoms with Crippen LogP contribution in [0.15, 0.2) is 23.4 Å². The van der Waals surface area contributed by atoms with Crippen LogP contribution in [0.25, 0.3) is 0 Å². The van der Waals surface area contributed by atoms with Gasteiger partial charge in [-0.1, -0.05) is 13.3 Å². The molecular weight excluding hydrogens is 250 g/mol. The second-order valence-electron chi connectivity index (χ2n) is 4.67. The number of nitrogen functional groups attached to an aromatic ring is 1. The van der Waals surface area contributed by atoms with E-state index < -0.39 is 10.0 Å². The van der Waals surface area contributed by atoms with E-state index in [1.165, 1.54) is 29.2 Å². The van der Waals surface area contributed by atoms with Gasteiger partial charge in [0.15, 0.2) is 0 Å². The molecule has 1 aromatic rings. The predicted octanol–water partition coefficient (Wildman–Crippen LogP) is 1.47. The summed E-state index contributed by atoms with van der Waals surface area (Å²) < 4.78 is 26.4. The monoisotopic (exact) mass is 269 g/mol. The van der Waals surface area contributed by atoms with E-state index in [0.29, 0.717) is 19.0 Å². The average Bonchev–Trinajstić information content (AvgIpc) is 2.27. The lowest BCUT2D eigenvalue weighted by atomic mass is 9.85. The second-order valence-corrected chi connectivity index (χ2v) is 6.57. The maximum absolute atomic E-state index is 12.5. The molecule has 18 heavy (non-hydrogen) atoms. The first-order valence-corrected chi connectivity index (χ1v) is 7.69. The van der Waals surface area contributed by atoms with E-state index in [1.807, 2.05) is 6.92 Å². The predicted molar refractivity (Wildman–Crippen MR) is 70.4 cm³/mol. The number of nitrogens with two attached hydrogens (primary N) is 1. The zero-order chi connectivity index (χ0) is 13.2. The quantitative estimate of drug-likeness (QED) is 0.878. The molecule has 0 amide bonds. The highest BCUT2D eigenvalue weighted by atomic mass is 32.2. The minimum absolute atomic E-state index is 0.117. The van der Waals surface area contributed by atoms with Gasteiger partial charge in [-0.25, -0.2) is 8.42 Å². The number of aromatic nitrogens is 1. The number of rotatable bonds is 5. The summed E-state index contributed by atoms with van der Waals surface area (Å²) in [6, 6.07) is 1.52. The third-order valence-electron chi connectivity index (χ3n) is 3.47. The van der Waals surface area contributed by atoms with Crippen molar-refractivity contribution < 1.29 is 8.42 Å². The molecule has 2 N–H and O–H groups in total. The van der Waals surface area contributed by atoms with Crippen molar-refractivity contribution in [3.05, 3.63) is 18.5 Å². The molecule has 1 aliphatic rings. The van der Waals surface area contributed by atoms with Crippen LogP contribution in [0.2, 0.25) is 0 Å². The number of sulfonamides is 1. The third kappa shape index (κ3) is 2.49. The Hall–Kier alpha value is -1.14. The Labute approximate surface area is 108 Å².